The van der Waals surface area contributed by atoms with E-state index in [-0.39, 0.29) is 11.9 Å². The zero-order valence-corrected chi connectivity index (χ0v) is 19.7. The Morgan fingerprint density at radius 1 is 1.06 bits per heavy atom. The molecule has 2 aromatic rings. The third-order valence-electron chi connectivity index (χ3n) is 5.64. The SMILES string of the molecule is CCOc1ccc(C(C)NC(=O)C2(c3ccc(Cl)cc3Cl)CCOCC2)cc1OCC. The molecule has 3 rings (SSSR count). The number of nitrogens with one attached hydrogen (secondary N) is 1. The molecule has 5 nitrogen and oxygen atoms in total. The molecule has 7 heteroatoms. The van der Waals surface area contributed by atoms with Gasteiger partial charge < -0.3 is 19.5 Å². The summed E-state index contributed by atoms with van der Waals surface area (Å²) in [7, 11) is 0. The van der Waals surface area contributed by atoms with Crippen LogP contribution in [0.15, 0.2) is 36.4 Å². The lowest BCUT2D eigenvalue weighted by atomic mass is 9.73. The highest BCUT2D eigenvalue weighted by Crippen LogP contribution is 2.40. The van der Waals surface area contributed by atoms with E-state index in [1.165, 1.54) is 0 Å². The Morgan fingerprint density at radius 3 is 2.39 bits per heavy atom. The van der Waals surface area contributed by atoms with Gasteiger partial charge in [-0.05, 0) is 69.0 Å². The summed E-state index contributed by atoms with van der Waals surface area (Å²) in [6.07, 6.45) is 1.11. The van der Waals surface area contributed by atoms with E-state index in [0.29, 0.717) is 60.8 Å². The molecule has 1 atom stereocenters. The van der Waals surface area contributed by atoms with Crippen molar-refractivity contribution in [2.75, 3.05) is 26.4 Å². The first-order chi connectivity index (χ1) is 14.9. The first-order valence-electron chi connectivity index (χ1n) is 10.6. The van der Waals surface area contributed by atoms with E-state index in [1.807, 2.05) is 45.0 Å². The topological polar surface area (TPSA) is 56.8 Å². The van der Waals surface area contributed by atoms with Crippen LogP contribution in [0.25, 0.3) is 0 Å². The van der Waals surface area contributed by atoms with Crippen molar-refractivity contribution in [1.29, 1.82) is 0 Å². The summed E-state index contributed by atoms with van der Waals surface area (Å²) in [6, 6.07) is 10.8. The van der Waals surface area contributed by atoms with Crippen molar-refractivity contribution in [2.24, 2.45) is 0 Å². The average Bonchev–Trinajstić information content (AvgIpc) is 2.75. The van der Waals surface area contributed by atoms with Gasteiger partial charge in [-0.3, -0.25) is 4.79 Å². The minimum Gasteiger partial charge on any atom is -0.490 e. The number of ether oxygens (including phenoxy) is 3. The summed E-state index contributed by atoms with van der Waals surface area (Å²) in [5.74, 6) is 1.30. The fraction of sp³-hybridized carbons (Fsp3) is 0.458. The third-order valence-corrected chi connectivity index (χ3v) is 6.19. The quantitative estimate of drug-likeness (QED) is 0.541. The van der Waals surface area contributed by atoms with Crippen LogP contribution in [-0.2, 0) is 14.9 Å². The molecule has 31 heavy (non-hydrogen) atoms. The molecule has 1 unspecified atom stereocenters. The summed E-state index contributed by atoms with van der Waals surface area (Å²) in [4.78, 5) is 13.6. The molecule has 0 saturated carbocycles. The fourth-order valence-electron chi connectivity index (χ4n) is 3.97. The second-order valence-corrected chi connectivity index (χ2v) is 8.43. The molecule has 0 radical (unpaired) electrons. The Hall–Kier alpha value is -1.95. The van der Waals surface area contributed by atoms with Crippen molar-refractivity contribution >= 4 is 29.1 Å². The molecule has 1 amide bonds. The van der Waals surface area contributed by atoms with Gasteiger partial charge in [-0.2, -0.15) is 0 Å². The van der Waals surface area contributed by atoms with Crippen molar-refractivity contribution < 1.29 is 19.0 Å². The van der Waals surface area contributed by atoms with Crippen molar-refractivity contribution in [1.82, 2.24) is 5.32 Å². The number of hydrogen-bond acceptors (Lipinski definition) is 4. The molecule has 0 aromatic heterocycles. The van der Waals surface area contributed by atoms with Gasteiger partial charge in [-0.15, -0.1) is 0 Å². The fourth-order valence-corrected chi connectivity index (χ4v) is 4.56. The molecule has 1 aliphatic rings. The van der Waals surface area contributed by atoms with Crippen LogP contribution < -0.4 is 14.8 Å². The Kier molecular flexibility index (Phi) is 8.09. The molecule has 0 aliphatic carbocycles. The normalized spacial score (nSPS) is 16.4. The van der Waals surface area contributed by atoms with E-state index in [4.69, 9.17) is 37.4 Å². The minimum atomic E-state index is -0.762. The summed E-state index contributed by atoms with van der Waals surface area (Å²) < 4.78 is 16.9. The van der Waals surface area contributed by atoms with Gasteiger partial charge in [-0.1, -0.05) is 35.3 Å². The highest BCUT2D eigenvalue weighted by atomic mass is 35.5. The lowest BCUT2D eigenvalue weighted by Gasteiger charge is -2.37. The molecule has 1 N–H and O–H groups in total. The number of halogens is 2. The summed E-state index contributed by atoms with van der Waals surface area (Å²) >= 11 is 12.6. The maximum Gasteiger partial charge on any atom is 0.231 e. The molecule has 1 heterocycles. The second kappa shape index (κ2) is 10.6. The van der Waals surface area contributed by atoms with Gasteiger partial charge in [0.25, 0.3) is 0 Å². The van der Waals surface area contributed by atoms with Gasteiger partial charge in [0.2, 0.25) is 5.91 Å². The van der Waals surface area contributed by atoms with Crippen LogP contribution >= 0.6 is 23.2 Å². The van der Waals surface area contributed by atoms with E-state index < -0.39 is 5.41 Å². The van der Waals surface area contributed by atoms with Gasteiger partial charge >= 0.3 is 0 Å². The molecule has 1 aliphatic heterocycles. The number of benzene rings is 2. The Bertz CT molecular complexity index is 912. The third kappa shape index (κ3) is 5.28. The Labute approximate surface area is 194 Å². The molecule has 0 bridgehead atoms. The van der Waals surface area contributed by atoms with Crippen LogP contribution in [0.5, 0.6) is 11.5 Å². The maximum absolute atomic E-state index is 13.6. The first kappa shape index (κ1) is 23.7. The number of hydrogen-bond donors (Lipinski definition) is 1. The van der Waals surface area contributed by atoms with Gasteiger partial charge in [0, 0.05) is 23.3 Å². The predicted octanol–water partition coefficient (Wildman–Crippen LogP) is 5.72. The average molecular weight is 466 g/mol. The Balaban J connectivity index is 1.87. The molecular formula is C24H29Cl2NO4. The molecule has 2 aromatic carbocycles. The largest absolute Gasteiger partial charge is 0.490 e. The standard InChI is InChI=1S/C24H29Cl2NO4/c1-4-30-21-9-6-17(14-22(21)31-5-2)16(3)27-23(28)24(10-12-29-13-11-24)19-8-7-18(25)15-20(19)26/h6-9,14-16H,4-5,10-13H2,1-3H3,(H,27,28). The second-order valence-electron chi connectivity index (χ2n) is 7.59. The lowest BCUT2D eigenvalue weighted by molar-refractivity contribution is -0.131. The lowest BCUT2D eigenvalue weighted by Crippen LogP contribution is -2.48. The molecule has 168 valence electrons. The maximum atomic E-state index is 13.6. The zero-order valence-electron chi connectivity index (χ0n) is 18.2. The smallest absolute Gasteiger partial charge is 0.231 e. The van der Waals surface area contributed by atoms with Crippen molar-refractivity contribution in [3.8, 4) is 11.5 Å². The minimum absolute atomic E-state index is 0.0700. The molecular weight excluding hydrogens is 437 g/mol. The summed E-state index contributed by atoms with van der Waals surface area (Å²) in [5.41, 5.74) is 0.959. The van der Waals surface area contributed by atoms with Gasteiger partial charge in [-0.25, -0.2) is 0 Å². The van der Waals surface area contributed by atoms with Crippen molar-refractivity contribution in [3.63, 3.8) is 0 Å². The van der Waals surface area contributed by atoms with E-state index in [1.54, 1.807) is 12.1 Å². The number of rotatable bonds is 8. The highest BCUT2D eigenvalue weighted by molar-refractivity contribution is 6.35. The van der Waals surface area contributed by atoms with Gasteiger partial charge in [0.05, 0.1) is 24.7 Å². The van der Waals surface area contributed by atoms with Gasteiger partial charge in [0.1, 0.15) is 0 Å². The van der Waals surface area contributed by atoms with Crippen LogP contribution in [0.3, 0.4) is 0 Å². The van der Waals surface area contributed by atoms with E-state index in [0.717, 1.165) is 11.1 Å². The monoisotopic (exact) mass is 465 g/mol. The van der Waals surface area contributed by atoms with Crippen LogP contribution in [0.1, 0.15) is 50.8 Å². The molecule has 0 spiro atoms. The van der Waals surface area contributed by atoms with Crippen LogP contribution in [0.4, 0.5) is 0 Å². The molecule has 1 saturated heterocycles. The van der Waals surface area contributed by atoms with Crippen molar-refractivity contribution in [2.45, 2.75) is 45.1 Å². The first-order valence-corrected chi connectivity index (χ1v) is 11.4. The summed E-state index contributed by atoms with van der Waals surface area (Å²) in [6.45, 7) is 7.90. The number of amides is 1. The van der Waals surface area contributed by atoms with E-state index in [2.05, 4.69) is 5.32 Å². The van der Waals surface area contributed by atoms with Crippen LogP contribution in [0, 0.1) is 0 Å². The van der Waals surface area contributed by atoms with Gasteiger partial charge in [0.15, 0.2) is 11.5 Å². The number of carbonyl (C=O) groups is 1. The zero-order chi connectivity index (χ0) is 22.4. The van der Waals surface area contributed by atoms with Crippen LogP contribution in [-0.4, -0.2) is 32.3 Å². The van der Waals surface area contributed by atoms with E-state index in [9.17, 15) is 4.79 Å². The van der Waals surface area contributed by atoms with Crippen LogP contribution in [0.2, 0.25) is 10.0 Å². The molecule has 1 fully saturated rings. The summed E-state index contributed by atoms with van der Waals surface area (Å²) in [5, 5.41) is 4.23. The highest BCUT2D eigenvalue weighted by Gasteiger charge is 2.43. The number of carbonyl (C=O) groups excluding carboxylic acids is 1. The van der Waals surface area contributed by atoms with Crippen molar-refractivity contribution in [3.05, 3.63) is 57.6 Å². The Morgan fingerprint density at radius 2 is 1.74 bits per heavy atom. The predicted molar refractivity (Wildman–Crippen MR) is 124 cm³/mol. The van der Waals surface area contributed by atoms with E-state index >= 15 is 0 Å².